The second kappa shape index (κ2) is 4.53. The maximum Gasteiger partial charge on any atom is 0.324 e. The zero-order valence-corrected chi connectivity index (χ0v) is 9.35. The minimum absolute atomic E-state index is 0.144. The Balaban J connectivity index is 2.18. The smallest absolute Gasteiger partial charge is 0.316 e. The molecule has 2 amide bonds. The molecule has 0 radical (unpaired) electrons. The first-order valence-corrected chi connectivity index (χ1v) is 5.36. The van der Waals surface area contributed by atoms with Crippen LogP contribution in [-0.2, 0) is 4.79 Å². The number of urea groups is 1. The fourth-order valence-electron chi connectivity index (χ4n) is 1.73. The molecule has 0 spiro atoms. The predicted molar refractivity (Wildman–Crippen MR) is 61.8 cm³/mol. The molecule has 1 saturated heterocycles. The maximum atomic E-state index is 11.9. The van der Waals surface area contributed by atoms with Gasteiger partial charge in [0.15, 0.2) is 0 Å². The predicted octanol–water partition coefficient (Wildman–Crippen LogP) is 1.78. The Kier molecular flexibility index (Phi) is 3.10. The van der Waals surface area contributed by atoms with Crippen LogP contribution in [0.4, 0.5) is 10.5 Å². The van der Waals surface area contributed by atoms with Crippen molar-refractivity contribution in [2.75, 3.05) is 24.5 Å². The van der Waals surface area contributed by atoms with Crippen molar-refractivity contribution in [1.29, 1.82) is 0 Å². The highest BCUT2D eigenvalue weighted by atomic mass is 35.5. The summed E-state index contributed by atoms with van der Waals surface area (Å²) in [7, 11) is 0. The summed E-state index contributed by atoms with van der Waals surface area (Å²) in [6.45, 7) is 1.31. The lowest BCUT2D eigenvalue weighted by Gasteiger charge is -2.17. The Morgan fingerprint density at radius 3 is 2.88 bits per heavy atom. The molecule has 0 aromatic heterocycles. The third-order valence-electron chi connectivity index (χ3n) is 2.51. The molecule has 0 unspecified atom stereocenters. The molecule has 0 saturated carbocycles. The molecule has 0 N–H and O–H groups in total. The third kappa shape index (κ3) is 2.02. The fourth-order valence-corrected chi connectivity index (χ4v) is 1.91. The highest BCUT2D eigenvalue weighted by molar-refractivity contribution is 6.30. The lowest BCUT2D eigenvalue weighted by atomic mass is 10.3. The number of anilines is 1. The minimum Gasteiger partial charge on any atom is -0.316 e. The zero-order valence-electron chi connectivity index (χ0n) is 8.60. The van der Waals surface area contributed by atoms with Crippen molar-refractivity contribution in [3.05, 3.63) is 29.3 Å². The molecule has 1 aromatic rings. The number of carbonyl (C=O) groups is 2. The van der Waals surface area contributed by atoms with Crippen molar-refractivity contribution < 1.29 is 9.59 Å². The molecule has 0 aliphatic carbocycles. The van der Waals surface area contributed by atoms with Gasteiger partial charge in [-0.2, -0.15) is 0 Å². The fraction of sp³-hybridized carbons (Fsp3) is 0.273. The van der Waals surface area contributed by atoms with Crippen LogP contribution in [0.1, 0.15) is 0 Å². The molecule has 84 valence electrons. The largest absolute Gasteiger partial charge is 0.324 e. The van der Waals surface area contributed by atoms with Gasteiger partial charge in [0.2, 0.25) is 0 Å². The highest BCUT2D eigenvalue weighted by Gasteiger charge is 2.28. The second-order valence-corrected chi connectivity index (χ2v) is 3.96. The SMILES string of the molecule is O=CCN1CCN(c2cccc(Cl)c2)C1=O. The van der Waals surface area contributed by atoms with E-state index in [2.05, 4.69) is 0 Å². The van der Waals surface area contributed by atoms with Gasteiger partial charge in [-0.1, -0.05) is 17.7 Å². The van der Waals surface area contributed by atoms with E-state index in [1.165, 1.54) is 4.90 Å². The van der Waals surface area contributed by atoms with Gasteiger partial charge >= 0.3 is 6.03 Å². The number of hydrogen-bond acceptors (Lipinski definition) is 2. The van der Waals surface area contributed by atoms with Crippen LogP contribution in [0.25, 0.3) is 0 Å². The first-order valence-electron chi connectivity index (χ1n) is 4.98. The summed E-state index contributed by atoms with van der Waals surface area (Å²) in [5, 5.41) is 0.596. The molecule has 4 nitrogen and oxygen atoms in total. The van der Waals surface area contributed by atoms with Gasteiger partial charge in [0.1, 0.15) is 6.29 Å². The van der Waals surface area contributed by atoms with Gasteiger partial charge in [-0.05, 0) is 18.2 Å². The first-order chi connectivity index (χ1) is 7.72. The Hall–Kier alpha value is -1.55. The lowest BCUT2D eigenvalue weighted by Crippen LogP contribution is -2.32. The van der Waals surface area contributed by atoms with Gasteiger partial charge in [0.25, 0.3) is 0 Å². The summed E-state index contributed by atoms with van der Waals surface area (Å²) in [5.41, 5.74) is 0.769. The second-order valence-electron chi connectivity index (χ2n) is 3.53. The van der Waals surface area contributed by atoms with Gasteiger partial charge in [-0.3, -0.25) is 4.90 Å². The molecule has 1 aromatic carbocycles. The van der Waals surface area contributed by atoms with E-state index >= 15 is 0 Å². The molecule has 0 atom stereocenters. The number of aldehydes is 1. The summed E-state index contributed by atoms with van der Waals surface area (Å²) >= 11 is 5.86. The van der Waals surface area contributed by atoms with E-state index in [1.54, 1.807) is 23.1 Å². The van der Waals surface area contributed by atoms with E-state index in [9.17, 15) is 9.59 Å². The van der Waals surface area contributed by atoms with E-state index in [4.69, 9.17) is 11.6 Å². The van der Waals surface area contributed by atoms with E-state index in [0.717, 1.165) is 12.0 Å². The van der Waals surface area contributed by atoms with Crippen LogP contribution in [0.15, 0.2) is 24.3 Å². The Labute approximate surface area is 98.4 Å². The number of rotatable bonds is 3. The summed E-state index contributed by atoms with van der Waals surface area (Å²) in [4.78, 5) is 25.4. The molecule has 1 fully saturated rings. The van der Waals surface area contributed by atoms with Crippen LogP contribution in [0, 0.1) is 0 Å². The lowest BCUT2D eigenvalue weighted by molar-refractivity contribution is -0.108. The molecule has 0 bridgehead atoms. The molecule has 1 aliphatic heterocycles. The van der Waals surface area contributed by atoms with Crippen molar-refractivity contribution in [1.82, 2.24) is 4.90 Å². The molecule has 1 heterocycles. The number of halogens is 1. The van der Waals surface area contributed by atoms with Crippen molar-refractivity contribution in [3.8, 4) is 0 Å². The van der Waals surface area contributed by atoms with Crippen LogP contribution in [0.3, 0.4) is 0 Å². The van der Waals surface area contributed by atoms with Crippen LogP contribution in [0.5, 0.6) is 0 Å². The van der Waals surface area contributed by atoms with Gasteiger partial charge in [-0.15, -0.1) is 0 Å². The van der Waals surface area contributed by atoms with Gasteiger partial charge in [0.05, 0.1) is 6.54 Å². The standard InChI is InChI=1S/C11H11ClN2O2/c12-9-2-1-3-10(8-9)14-5-4-13(6-7-15)11(14)16/h1-3,7-8H,4-6H2. The third-order valence-corrected chi connectivity index (χ3v) is 2.74. The average Bonchev–Trinajstić information content (AvgIpc) is 2.61. The number of amides is 2. The number of carbonyl (C=O) groups excluding carboxylic acids is 2. The van der Waals surface area contributed by atoms with E-state index in [0.29, 0.717) is 18.1 Å². The van der Waals surface area contributed by atoms with Crippen LogP contribution >= 0.6 is 11.6 Å². The van der Waals surface area contributed by atoms with Gasteiger partial charge < -0.3 is 9.69 Å². The normalized spacial score (nSPS) is 15.7. The zero-order chi connectivity index (χ0) is 11.5. The number of nitrogens with zero attached hydrogens (tertiary/aromatic N) is 2. The number of hydrogen-bond donors (Lipinski definition) is 0. The van der Waals surface area contributed by atoms with Crippen molar-refractivity contribution in [3.63, 3.8) is 0 Å². The quantitative estimate of drug-likeness (QED) is 0.754. The summed E-state index contributed by atoms with van der Waals surface area (Å²) in [6.07, 6.45) is 0.735. The van der Waals surface area contributed by atoms with Crippen LogP contribution in [-0.4, -0.2) is 36.9 Å². The highest BCUT2D eigenvalue weighted by Crippen LogP contribution is 2.23. The monoisotopic (exact) mass is 238 g/mol. The first kappa shape index (κ1) is 11.0. The van der Waals surface area contributed by atoms with Gasteiger partial charge in [0, 0.05) is 23.8 Å². The van der Waals surface area contributed by atoms with E-state index < -0.39 is 0 Å². The van der Waals surface area contributed by atoms with Crippen LogP contribution < -0.4 is 4.90 Å². The van der Waals surface area contributed by atoms with Crippen molar-refractivity contribution in [2.24, 2.45) is 0 Å². The van der Waals surface area contributed by atoms with Crippen LogP contribution in [0.2, 0.25) is 5.02 Å². The molecule has 5 heteroatoms. The van der Waals surface area contributed by atoms with Gasteiger partial charge in [-0.25, -0.2) is 4.79 Å². The Morgan fingerprint density at radius 1 is 1.38 bits per heavy atom. The topological polar surface area (TPSA) is 40.6 Å². The summed E-state index contributed by atoms with van der Waals surface area (Å²) < 4.78 is 0. The summed E-state index contributed by atoms with van der Waals surface area (Å²) in [6, 6.07) is 6.98. The molecule has 16 heavy (non-hydrogen) atoms. The van der Waals surface area contributed by atoms with Crippen molar-refractivity contribution in [2.45, 2.75) is 0 Å². The maximum absolute atomic E-state index is 11.9. The molecule has 1 aliphatic rings. The molecule has 2 rings (SSSR count). The number of benzene rings is 1. The van der Waals surface area contributed by atoms with Crippen molar-refractivity contribution >= 4 is 29.6 Å². The van der Waals surface area contributed by atoms with E-state index in [-0.39, 0.29) is 12.6 Å². The molecular weight excluding hydrogens is 228 g/mol. The minimum atomic E-state index is -0.144. The van der Waals surface area contributed by atoms with E-state index in [1.807, 2.05) is 6.07 Å². The average molecular weight is 239 g/mol. The Morgan fingerprint density at radius 2 is 2.19 bits per heavy atom. The summed E-state index contributed by atoms with van der Waals surface area (Å²) in [5.74, 6) is 0. The molecular formula is C11H11ClN2O2. The Bertz CT molecular complexity index is 422.